The lowest BCUT2D eigenvalue weighted by atomic mass is 10.1. The maximum absolute atomic E-state index is 11.6. The fourth-order valence-electron chi connectivity index (χ4n) is 1.92. The van der Waals surface area contributed by atoms with Gasteiger partial charge in [0.05, 0.1) is 0 Å². The van der Waals surface area contributed by atoms with E-state index in [1.165, 1.54) is 0 Å². The van der Waals surface area contributed by atoms with Gasteiger partial charge in [-0.25, -0.2) is 0 Å². The third kappa shape index (κ3) is 2.45. The Hall–Kier alpha value is -0.430. The lowest BCUT2D eigenvalue weighted by Gasteiger charge is -2.32. The second-order valence-electron chi connectivity index (χ2n) is 3.72. The van der Waals surface area contributed by atoms with Crippen LogP contribution in [0.2, 0.25) is 0 Å². The maximum Gasteiger partial charge on any atom is 0.240 e. The first-order valence-electron chi connectivity index (χ1n) is 5.17. The normalized spacial score (nSPS) is 19.6. The van der Waals surface area contributed by atoms with Crippen molar-refractivity contribution in [1.29, 1.82) is 0 Å². The number of carbonyl (C=O) groups excluding carboxylic acids is 1. The highest BCUT2D eigenvalue weighted by Crippen LogP contribution is 2.32. The first kappa shape index (κ1) is 12.0. The summed E-state index contributed by atoms with van der Waals surface area (Å²) in [4.78, 5) is 14.7. The Morgan fingerprint density at radius 2 is 2.25 bits per heavy atom. The first-order chi connectivity index (χ1) is 7.70. The van der Waals surface area contributed by atoms with E-state index in [9.17, 15) is 4.79 Å². The molecule has 1 aromatic rings. The van der Waals surface area contributed by atoms with Gasteiger partial charge in [0.2, 0.25) is 5.91 Å². The zero-order chi connectivity index (χ0) is 11.5. The molecule has 0 spiro atoms. The summed E-state index contributed by atoms with van der Waals surface area (Å²) in [5, 5.41) is 5.24. The van der Waals surface area contributed by atoms with Crippen molar-refractivity contribution in [3.05, 3.63) is 20.8 Å². The van der Waals surface area contributed by atoms with Gasteiger partial charge in [-0.3, -0.25) is 9.69 Å². The standard InChI is InChI=1S/C10H14BrN3OS/c11-7-1-6-16-9(7)8(10(12)15)14-4-2-13-3-5-14/h1,6,8,13H,2-5H2,(H2,12,15). The van der Waals surface area contributed by atoms with E-state index < -0.39 is 0 Å². The van der Waals surface area contributed by atoms with Crippen LogP contribution in [0.3, 0.4) is 0 Å². The number of piperazine rings is 1. The number of nitrogens with one attached hydrogen (secondary N) is 1. The van der Waals surface area contributed by atoms with Gasteiger partial charge in [-0.1, -0.05) is 0 Å². The van der Waals surface area contributed by atoms with Gasteiger partial charge in [-0.15, -0.1) is 11.3 Å². The Bertz CT molecular complexity index is 376. The van der Waals surface area contributed by atoms with E-state index in [-0.39, 0.29) is 11.9 Å². The number of hydrogen-bond acceptors (Lipinski definition) is 4. The number of hydrogen-bond donors (Lipinski definition) is 2. The predicted molar refractivity (Wildman–Crippen MR) is 68.4 cm³/mol. The molecule has 1 aliphatic heterocycles. The fourth-order valence-corrected chi connectivity index (χ4v) is 3.65. The third-order valence-electron chi connectivity index (χ3n) is 2.68. The monoisotopic (exact) mass is 303 g/mol. The fraction of sp³-hybridized carbons (Fsp3) is 0.500. The summed E-state index contributed by atoms with van der Waals surface area (Å²) in [6, 6.07) is 1.66. The van der Waals surface area contributed by atoms with Gasteiger partial charge in [-0.2, -0.15) is 0 Å². The zero-order valence-corrected chi connectivity index (χ0v) is 11.2. The second kappa shape index (κ2) is 5.27. The van der Waals surface area contributed by atoms with E-state index in [0.717, 1.165) is 35.5 Å². The predicted octanol–water partition coefficient (Wildman–Crippen LogP) is 0.942. The minimum Gasteiger partial charge on any atom is -0.368 e. The smallest absolute Gasteiger partial charge is 0.240 e. The SMILES string of the molecule is NC(=O)C(c1sccc1Br)N1CCNCC1. The molecule has 1 unspecified atom stereocenters. The molecule has 16 heavy (non-hydrogen) atoms. The Morgan fingerprint density at radius 1 is 1.56 bits per heavy atom. The van der Waals surface area contributed by atoms with Crippen LogP contribution in [-0.4, -0.2) is 37.0 Å². The van der Waals surface area contributed by atoms with Crippen molar-refractivity contribution >= 4 is 33.2 Å². The van der Waals surface area contributed by atoms with E-state index in [0.29, 0.717) is 0 Å². The molecule has 0 aliphatic carbocycles. The Kier molecular flexibility index (Phi) is 3.96. The van der Waals surface area contributed by atoms with Crippen LogP contribution in [0.4, 0.5) is 0 Å². The van der Waals surface area contributed by atoms with Crippen LogP contribution in [0, 0.1) is 0 Å². The van der Waals surface area contributed by atoms with Crippen molar-refractivity contribution in [2.45, 2.75) is 6.04 Å². The summed E-state index contributed by atoms with van der Waals surface area (Å²) in [6.45, 7) is 3.54. The van der Waals surface area contributed by atoms with Crippen LogP contribution < -0.4 is 11.1 Å². The molecule has 0 bridgehead atoms. The van der Waals surface area contributed by atoms with Crippen LogP contribution in [0.5, 0.6) is 0 Å². The van der Waals surface area contributed by atoms with Crippen molar-refractivity contribution in [3.63, 3.8) is 0 Å². The van der Waals surface area contributed by atoms with Gasteiger partial charge in [0.1, 0.15) is 6.04 Å². The summed E-state index contributed by atoms with van der Waals surface area (Å²) >= 11 is 5.03. The molecule has 6 heteroatoms. The van der Waals surface area contributed by atoms with Crippen molar-refractivity contribution in [3.8, 4) is 0 Å². The number of rotatable bonds is 3. The van der Waals surface area contributed by atoms with Crippen molar-refractivity contribution < 1.29 is 4.79 Å². The molecular formula is C10H14BrN3OS. The summed E-state index contributed by atoms with van der Waals surface area (Å²) in [5.74, 6) is -0.273. The van der Waals surface area contributed by atoms with Crippen LogP contribution in [0.15, 0.2) is 15.9 Å². The summed E-state index contributed by atoms with van der Waals surface area (Å²) in [6.07, 6.45) is 0. The number of carbonyl (C=O) groups is 1. The lowest BCUT2D eigenvalue weighted by Crippen LogP contribution is -2.48. The molecule has 1 atom stereocenters. The number of halogens is 1. The van der Waals surface area contributed by atoms with E-state index in [1.807, 2.05) is 11.4 Å². The number of nitrogens with zero attached hydrogens (tertiary/aromatic N) is 1. The summed E-state index contributed by atoms with van der Waals surface area (Å²) in [7, 11) is 0. The van der Waals surface area contributed by atoms with Gasteiger partial charge in [-0.05, 0) is 27.4 Å². The molecule has 0 radical (unpaired) electrons. The molecule has 2 heterocycles. The number of primary amides is 1. The molecule has 1 aliphatic rings. The average Bonchev–Trinajstić information content (AvgIpc) is 2.66. The number of amides is 1. The Labute approximate surface area is 107 Å². The van der Waals surface area contributed by atoms with Gasteiger partial charge < -0.3 is 11.1 Å². The number of nitrogens with two attached hydrogens (primary N) is 1. The van der Waals surface area contributed by atoms with Gasteiger partial charge in [0.25, 0.3) is 0 Å². The van der Waals surface area contributed by atoms with Crippen molar-refractivity contribution in [2.24, 2.45) is 5.73 Å². The Morgan fingerprint density at radius 3 is 2.75 bits per heavy atom. The summed E-state index contributed by atoms with van der Waals surface area (Å²) in [5.41, 5.74) is 5.51. The van der Waals surface area contributed by atoms with E-state index in [1.54, 1.807) is 11.3 Å². The van der Waals surface area contributed by atoms with Gasteiger partial charge >= 0.3 is 0 Å². The van der Waals surface area contributed by atoms with Crippen molar-refractivity contribution in [2.75, 3.05) is 26.2 Å². The lowest BCUT2D eigenvalue weighted by molar-refractivity contribution is -0.123. The molecule has 2 rings (SSSR count). The molecule has 3 N–H and O–H groups in total. The highest BCUT2D eigenvalue weighted by Gasteiger charge is 2.29. The molecule has 1 fully saturated rings. The molecule has 1 aromatic heterocycles. The quantitative estimate of drug-likeness (QED) is 0.874. The molecule has 0 aromatic carbocycles. The molecule has 88 valence electrons. The van der Waals surface area contributed by atoms with E-state index in [2.05, 4.69) is 26.1 Å². The third-order valence-corrected chi connectivity index (χ3v) is 4.60. The molecular weight excluding hydrogens is 290 g/mol. The maximum atomic E-state index is 11.6. The van der Waals surface area contributed by atoms with Gasteiger partial charge in [0.15, 0.2) is 0 Å². The minimum atomic E-state index is -0.295. The average molecular weight is 304 g/mol. The van der Waals surface area contributed by atoms with Crippen molar-refractivity contribution in [1.82, 2.24) is 10.2 Å². The van der Waals surface area contributed by atoms with E-state index in [4.69, 9.17) is 5.73 Å². The molecule has 1 amide bonds. The molecule has 4 nitrogen and oxygen atoms in total. The minimum absolute atomic E-state index is 0.273. The second-order valence-corrected chi connectivity index (χ2v) is 5.53. The van der Waals surface area contributed by atoms with Crippen LogP contribution >= 0.6 is 27.3 Å². The topological polar surface area (TPSA) is 58.4 Å². The highest BCUT2D eigenvalue weighted by atomic mass is 79.9. The van der Waals surface area contributed by atoms with Crippen LogP contribution in [0.1, 0.15) is 10.9 Å². The number of thiophene rings is 1. The van der Waals surface area contributed by atoms with E-state index >= 15 is 0 Å². The van der Waals surface area contributed by atoms with Gasteiger partial charge in [0, 0.05) is 35.5 Å². The zero-order valence-electron chi connectivity index (χ0n) is 8.78. The van der Waals surface area contributed by atoms with Crippen LogP contribution in [-0.2, 0) is 4.79 Å². The first-order valence-corrected chi connectivity index (χ1v) is 6.84. The largest absolute Gasteiger partial charge is 0.368 e. The van der Waals surface area contributed by atoms with Crippen LogP contribution in [0.25, 0.3) is 0 Å². The molecule has 0 saturated carbocycles. The summed E-state index contributed by atoms with van der Waals surface area (Å²) < 4.78 is 0.972. The molecule has 1 saturated heterocycles. The highest BCUT2D eigenvalue weighted by molar-refractivity contribution is 9.10. The Balaban J connectivity index is 2.23.